The van der Waals surface area contributed by atoms with Gasteiger partial charge >= 0.3 is 0 Å². The smallest absolute Gasteiger partial charge is 0.271 e. The summed E-state index contributed by atoms with van der Waals surface area (Å²) in [7, 11) is 0. The summed E-state index contributed by atoms with van der Waals surface area (Å²) in [6, 6.07) is 22.4. The highest BCUT2D eigenvalue weighted by Crippen LogP contribution is 2.32. The van der Waals surface area contributed by atoms with Crippen molar-refractivity contribution in [2.45, 2.75) is 6.61 Å². The number of benzene rings is 3. The van der Waals surface area contributed by atoms with Crippen LogP contribution in [-0.2, 0) is 6.61 Å². The zero-order valence-corrected chi connectivity index (χ0v) is 15.0. The summed E-state index contributed by atoms with van der Waals surface area (Å²) in [6.07, 6.45) is 1.57. The third kappa shape index (κ3) is 4.29. The molecule has 0 aromatic heterocycles. The molecule has 0 saturated heterocycles. The molecule has 4 rings (SSSR count). The van der Waals surface area contributed by atoms with Gasteiger partial charge in [-0.3, -0.25) is 4.79 Å². The van der Waals surface area contributed by atoms with Crippen LogP contribution in [0, 0.1) is 0 Å². The predicted molar refractivity (Wildman–Crippen MR) is 105 cm³/mol. The Kier molecular flexibility index (Phi) is 5.20. The first kappa shape index (κ1) is 17.6. The third-order valence-corrected chi connectivity index (χ3v) is 4.12. The van der Waals surface area contributed by atoms with Gasteiger partial charge in [-0.25, -0.2) is 5.43 Å². The maximum Gasteiger partial charge on any atom is 0.271 e. The van der Waals surface area contributed by atoms with Crippen LogP contribution in [0.3, 0.4) is 0 Å². The molecule has 0 radical (unpaired) electrons. The lowest BCUT2D eigenvalue weighted by atomic mass is 10.2. The van der Waals surface area contributed by atoms with Crippen molar-refractivity contribution in [3.05, 3.63) is 89.5 Å². The van der Waals surface area contributed by atoms with Gasteiger partial charge in [-0.2, -0.15) is 5.10 Å². The van der Waals surface area contributed by atoms with E-state index < -0.39 is 0 Å². The van der Waals surface area contributed by atoms with Gasteiger partial charge in [-0.05, 0) is 41.5 Å². The van der Waals surface area contributed by atoms with Crippen LogP contribution in [0.25, 0.3) is 0 Å². The number of carbonyl (C=O) groups excluding carboxylic acids is 1. The van der Waals surface area contributed by atoms with Gasteiger partial charge in [0.1, 0.15) is 12.4 Å². The second-order valence-electron chi connectivity index (χ2n) is 6.11. The molecule has 1 amide bonds. The summed E-state index contributed by atoms with van der Waals surface area (Å²) in [6.45, 7) is 0.656. The van der Waals surface area contributed by atoms with Crippen molar-refractivity contribution in [1.82, 2.24) is 5.43 Å². The third-order valence-electron chi connectivity index (χ3n) is 4.12. The maximum absolute atomic E-state index is 12.2. The Morgan fingerprint density at radius 2 is 1.86 bits per heavy atom. The van der Waals surface area contributed by atoms with Gasteiger partial charge in [0.2, 0.25) is 6.79 Å². The van der Waals surface area contributed by atoms with Crippen molar-refractivity contribution in [2.75, 3.05) is 6.79 Å². The molecule has 0 aliphatic carbocycles. The highest BCUT2D eigenvalue weighted by Gasteiger charge is 2.15. The number of hydrazone groups is 1. The molecular formula is C22H18N2O4. The summed E-state index contributed by atoms with van der Waals surface area (Å²) in [5.74, 6) is 1.59. The Labute approximate surface area is 162 Å². The first-order valence-corrected chi connectivity index (χ1v) is 8.78. The van der Waals surface area contributed by atoms with Gasteiger partial charge in [0, 0.05) is 5.56 Å². The van der Waals surface area contributed by atoms with Crippen molar-refractivity contribution >= 4 is 12.1 Å². The quantitative estimate of drug-likeness (QED) is 0.527. The van der Waals surface area contributed by atoms with Crippen LogP contribution in [0.2, 0.25) is 0 Å². The second kappa shape index (κ2) is 8.26. The van der Waals surface area contributed by atoms with E-state index in [1.165, 1.54) is 0 Å². The Morgan fingerprint density at radius 3 is 2.75 bits per heavy atom. The molecule has 0 bridgehead atoms. The van der Waals surface area contributed by atoms with E-state index in [9.17, 15) is 4.79 Å². The fourth-order valence-corrected chi connectivity index (χ4v) is 2.69. The fraction of sp³-hybridized carbons (Fsp3) is 0.0909. The van der Waals surface area contributed by atoms with Gasteiger partial charge in [0.25, 0.3) is 5.91 Å². The Bertz CT molecular complexity index is 1000. The predicted octanol–water partition coefficient (Wildman–Crippen LogP) is 3.76. The first-order valence-electron chi connectivity index (χ1n) is 8.78. The van der Waals surface area contributed by atoms with E-state index in [4.69, 9.17) is 14.2 Å². The topological polar surface area (TPSA) is 69.2 Å². The number of carbonyl (C=O) groups is 1. The van der Waals surface area contributed by atoms with Gasteiger partial charge in [-0.15, -0.1) is 0 Å². The SMILES string of the molecule is O=C(NN=Cc1cccc(OCc2ccccc2)c1)c1ccc2c(c1)OCO2. The van der Waals surface area contributed by atoms with Crippen LogP contribution in [-0.4, -0.2) is 18.9 Å². The average molecular weight is 374 g/mol. The Morgan fingerprint density at radius 1 is 1.00 bits per heavy atom. The van der Waals surface area contributed by atoms with E-state index in [-0.39, 0.29) is 12.7 Å². The van der Waals surface area contributed by atoms with Crippen molar-refractivity contribution in [2.24, 2.45) is 5.10 Å². The minimum Gasteiger partial charge on any atom is -0.489 e. The average Bonchev–Trinajstić information content (AvgIpc) is 3.21. The van der Waals surface area contributed by atoms with Gasteiger partial charge < -0.3 is 14.2 Å². The summed E-state index contributed by atoms with van der Waals surface area (Å²) in [5.41, 5.74) is 4.87. The molecule has 3 aromatic carbocycles. The first-order chi connectivity index (χ1) is 13.8. The van der Waals surface area contributed by atoms with Crippen molar-refractivity contribution in [3.8, 4) is 17.2 Å². The molecule has 3 aromatic rings. The van der Waals surface area contributed by atoms with E-state index in [0.717, 1.165) is 16.9 Å². The molecule has 1 aliphatic heterocycles. The maximum atomic E-state index is 12.2. The number of hydrogen-bond acceptors (Lipinski definition) is 5. The normalized spacial score (nSPS) is 12.1. The zero-order valence-electron chi connectivity index (χ0n) is 15.0. The van der Waals surface area contributed by atoms with Crippen LogP contribution < -0.4 is 19.6 Å². The Hall–Kier alpha value is -3.80. The number of hydrogen-bond donors (Lipinski definition) is 1. The number of fused-ring (bicyclic) bond motifs is 1. The largest absolute Gasteiger partial charge is 0.489 e. The lowest BCUT2D eigenvalue weighted by Gasteiger charge is -2.06. The van der Waals surface area contributed by atoms with E-state index in [1.807, 2.05) is 54.6 Å². The van der Waals surface area contributed by atoms with Crippen molar-refractivity contribution in [3.63, 3.8) is 0 Å². The van der Waals surface area contributed by atoms with Gasteiger partial charge in [0.15, 0.2) is 11.5 Å². The molecule has 0 atom stereocenters. The molecule has 140 valence electrons. The monoisotopic (exact) mass is 374 g/mol. The van der Waals surface area contributed by atoms with Crippen LogP contribution >= 0.6 is 0 Å². The number of amides is 1. The number of nitrogens with one attached hydrogen (secondary N) is 1. The summed E-state index contributed by atoms with van der Waals surface area (Å²) < 4.78 is 16.3. The molecule has 1 N–H and O–H groups in total. The summed E-state index contributed by atoms with van der Waals surface area (Å²) in [5, 5.41) is 4.02. The summed E-state index contributed by atoms with van der Waals surface area (Å²) in [4.78, 5) is 12.2. The number of ether oxygens (including phenoxy) is 3. The molecule has 6 heteroatoms. The molecular weight excluding hydrogens is 356 g/mol. The van der Waals surface area contributed by atoms with Crippen LogP contribution in [0.4, 0.5) is 0 Å². The minimum atomic E-state index is -0.328. The highest BCUT2D eigenvalue weighted by atomic mass is 16.7. The molecule has 0 fully saturated rings. The highest BCUT2D eigenvalue weighted by molar-refractivity contribution is 5.95. The molecule has 6 nitrogen and oxygen atoms in total. The van der Waals surface area contributed by atoms with E-state index in [0.29, 0.717) is 23.7 Å². The minimum absolute atomic E-state index is 0.168. The van der Waals surface area contributed by atoms with Crippen LogP contribution in [0.15, 0.2) is 77.9 Å². The van der Waals surface area contributed by atoms with E-state index in [2.05, 4.69) is 10.5 Å². The Balaban J connectivity index is 1.35. The molecule has 0 unspecified atom stereocenters. The second-order valence-corrected chi connectivity index (χ2v) is 6.11. The van der Waals surface area contributed by atoms with E-state index >= 15 is 0 Å². The van der Waals surface area contributed by atoms with E-state index in [1.54, 1.807) is 24.4 Å². The van der Waals surface area contributed by atoms with Crippen molar-refractivity contribution < 1.29 is 19.0 Å². The van der Waals surface area contributed by atoms with Gasteiger partial charge in [0.05, 0.1) is 6.21 Å². The number of nitrogens with zero attached hydrogens (tertiary/aromatic N) is 1. The standard InChI is InChI=1S/C22H18N2O4/c25-22(18-9-10-20-21(12-18)28-15-27-20)24-23-13-17-7-4-8-19(11-17)26-14-16-5-2-1-3-6-16/h1-13H,14-15H2,(H,24,25). The fourth-order valence-electron chi connectivity index (χ4n) is 2.69. The lowest BCUT2D eigenvalue weighted by molar-refractivity contribution is 0.0954. The molecule has 0 saturated carbocycles. The van der Waals surface area contributed by atoms with Crippen LogP contribution in [0.1, 0.15) is 21.5 Å². The lowest BCUT2D eigenvalue weighted by Crippen LogP contribution is -2.17. The zero-order chi connectivity index (χ0) is 19.2. The molecule has 1 heterocycles. The molecule has 28 heavy (non-hydrogen) atoms. The molecule has 0 spiro atoms. The van der Waals surface area contributed by atoms with Crippen molar-refractivity contribution in [1.29, 1.82) is 0 Å². The van der Waals surface area contributed by atoms with Gasteiger partial charge in [-0.1, -0.05) is 42.5 Å². The summed E-state index contributed by atoms with van der Waals surface area (Å²) >= 11 is 0. The molecule has 1 aliphatic rings. The number of rotatable bonds is 6. The van der Waals surface area contributed by atoms with Crippen LogP contribution in [0.5, 0.6) is 17.2 Å².